The molecule has 0 aromatic carbocycles. The quantitative estimate of drug-likeness (QED) is 0.231. The lowest BCUT2D eigenvalue weighted by Gasteiger charge is -2.36. The van der Waals surface area contributed by atoms with E-state index in [2.05, 4.69) is 41.7 Å². The van der Waals surface area contributed by atoms with E-state index in [1.165, 1.54) is 21.7 Å². The molecule has 1 aliphatic carbocycles. The Labute approximate surface area is 312 Å². The van der Waals surface area contributed by atoms with Crippen LogP contribution >= 0.6 is 11.3 Å². The molecule has 0 radical (unpaired) electrons. The summed E-state index contributed by atoms with van der Waals surface area (Å²) >= 11 is 1.39. The zero-order valence-corrected chi connectivity index (χ0v) is 32.8. The fourth-order valence-corrected chi connectivity index (χ4v) is 11.0. The molecule has 1 aromatic rings. The third kappa shape index (κ3) is 8.57. The van der Waals surface area contributed by atoms with Crippen LogP contribution < -0.4 is 21.3 Å². The van der Waals surface area contributed by atoms with Crippen molar-refractivity contribution in [2.45, 2.75) is 128 Å². The second-order valence-electron chi connectivity index (χ2n) is 16.5. The molecule has 0 bridgehead atoms. The zero-order valence-electron chi connectivity index (χ0n) is 31.2. The van der Waals surface area contributed by atoms with Gasteiger partial charge in [-0.2, -0.15) is 4.31 Å². The summed E-state index contributed by atoms with van der Waals surface area (Å²) in [6, 6.07) is -2.35. The first-order chi connectivity index (χ1) is 24.5. The van der Waals surface area contributed by atoms with Crippen molar-refractivity contribution >= 4 is 50.9 Å². The van der Waals surface area contributed by atoms with Crippen molar-refractivity contribution in [2.24, 2.45) is 22.7 Å². The van der Waals surface area contributed by atoms with E-state index >= 15 is 0 Å². The van der Waals surface area contributed by atoms with Crippen LogP contribution in [0.15, 0.2) is 29.0 Å². The lowest BCUT2D eigenvalue weighted by Crippen LogP contribution is -2.60. The SMILES string of the molecule is C=CCNC(=O)C(=O)[C@@H]1CCCCCCCCC[C@H](NC(=O)N[C@H](CN2Cc3sccc3S2(=O)=O)C(C)(C)C)C(=O)N2C[C@H]3[C@@H]([C@H]2C(=O)N1)C3(C)C. The number of sulfonamides is 1. The number of carbonyl (C=O) groups is 5. The molecule has 6 atom stereocenters. The minimum Gasteiger partial charge on any atom is -0.346 e. The van der Waals surface area contributed by atoms with Crippen LogP contribution in [0.25, 0.3) is 0 Å². The average Bonchev–Trinajstić information content (AvgIpc) is 3.53. The molecule has 288 valence electrons. The number of thiophene rings is 1. The van der Waals surface area contributed by atoms with Crippen molar-refractivity contribution in [3.8, 4) is 0 Å². The van der Waals surface area contributed by atoms with E-state index in [9.17, 15) is 32.4 Å². The van der Waals surface area contributed by atoms with Gasteiger partial charge in [-0.1, -0.05) is 85.6 Å². The molecule has 4 heterocycles. The first kappa shape index (κ1) is 39.9. The summed E-state index contributed by atoms with van der Waals surface area (Å²) in [5.41, 5.74) is -0.713. The predicted molar refractivity (Wildman–Crippen MR) is 199 cm³/mol. The van der Waals surface area contributed by atoms with E-state index < -0.39 is 63.2 Å². The fourth-order valence-electron chi connectivity index (χ4n) is 8.11. The minimum atomic E-state index is -3.68. The van der Waals surface area contributed by atoms with Crippen LogP contribution in [-0.4, -0.2) is 91.0 Å². The lowest BCUT2D eigenvalue weighted by atomic mass is 9.86. The number of urea groups is 1. The number of piperidine rings is 1. The predicted octanol–water partition coefficient (Wildman–Crippen LogP) is 3.70. The van der Waals surface area contributed by atoms with Crippen molar-refractivity contribution in [3.63, 3.8) is 0 Å². The van der Waals surface area contributed by atoms with Gasteiger partial charge in [0, 0.05) is 37.1 Å². The zero-order chi connectivity index (χ0) is 38.0. The maximum Gasteiger partial charge on any atom is 0.315 e. The molecule has 3 fully saturated rings. The summed E-state index contributed by atoms with van der Waals surface area (Å²) in [5.74, 6) is -2.40. The molecule has 15 heteroatoms. The van der Waals surface area contributed by atoms with Gasteiger partial charge < -0.3 is 26.2 Å². The van der Waals surface area contributed by atoms with Crippen LogP contribution in [0.1, 0.15) is 97.3 Å². The lowest BCUT2D eigenvalue weighted by molar-refractivity contribution is -0.144. The van der Waals surface area contributed by atoms with Gasteiger partial charge in [0.1, 0.15) is 12.1 Å². The molecule has 4 aliphatic rings. The number of nitrogens with one attached hydrogen (secondary N) is 4. The molecule has 5 rings (SSSR count). The second-order valence-corrected chi connectivity index (χ2v) is 19.4. The number of hydrogen-bond donors (Lipinski definition) is 4. The Balaban J connectivity index is 1.34. The number of Topliss-reactive ketones (excluding diaryl/α,β-unsaturated/α-hetero) is 1. The highest BCUT2D eigenvalue weighted by Crippen LogP contribution is 2.65. The molecule has 13 nitrogen and oxygen atoms in total. The van der Waals surface area contributed by atoms with Gasteiger partial charge in [0.15, 0.2) is 0 Å². The minimum absolute atomic E-state index is 0.0670. The smallest absolute Gasteiger partial charge is 0.315 e. The van der Waals surface area contributed by atoms with E-state index in [4.69, 9.17) is 0 Å². The van der Waals surface area contributed by atoms with E-state index in [0.29, 0.717) is 37.1 Å². The molecule has 3 aliphatic heterocycles. The summed E-state index contributed by atoms with van der Waals surface area (Å²) in [7, 11) is -3.68. The molecule has 1 aromatic heterocycles. The van der Waals surface area contributed by atoms with Crippen LogP contribution in [0.3, 0.4) is 0 Å². The van der Waals surface area contributed by atoms with Crippen LogP contribution in [0, 0.1) is 22.7 Å². The molecule has 0 spiro atoms. The Kier molecular flexibility index (Phi) is 12.3. The van der Waals surface area contributed by atoms with Crippen LogP contribution in [0.2, 0.25) is 0 Å². The number of carbonyl (C=O) groups excluding carboxylic acids is 5. The summed E-state index contributed by atoms with van der Waals surface area (Å²) in [4.78, 5) is 70.9. The van der Waals surface area contributed by atoms with Crippen molar-refractivity contribution in [1.82, 2.24) is 30.5 Å². The van der Waals surface area contributed by atoms with Crippen molar-refractivity contribution < 1.29 is 32.4 Å². The molecular formula is C37H56N6O7S2. The topological polar surface area (TPSA) is 174 Å². The Morgan fingerprint density at radius 3 is 2.37 bits per heavy atom. The van der Waals surface area contributed by atoms with Crippen molar-refractivity contribution in [1.29, 1.82) is 0 Å². The van der Waals surface area contributed by atoms with Gasteiger partial charge >= 0.3 is 6.03 Å². The number of hydrogen-bond acceptors (Lipinski definition) is 8. The largest absolute Gasteiger partial charge is 0.346 e. The molecule has 52 heavy (non-hydrogen) atoms. The van der Waals surface area contributed by atoms with Crippen LogP contribution in [0.5, 0.6) is 0 Å². The van der Waals surface area contributed by atoms with Crippen LogP contribution in [0.4, 0.5) is 4.79 Å². The van der Waals surface area contributed by atoms with Gasteiger partial charge in [0.25, 0.3) is 5.91 Å². The normalized spacial score (nSPS) is 28.4. The Hall–Kier alpha value is -3.30. The van der Waals surface area contributed by atoms with E-state index in [1.54, 1.807) is 16.3 Å². The first-order valence-corrected chi connectivity index (χ1v) is 21.0. The number of fused-ring (bicyclic) bond motifs is 4. The summed E-state index contributed by atoms with van der Waals surface area (Å²) in [6.45, 7) is 14.3. The monoisotopic (exact) mass is 760 g/mol. The van der Waals surface area contributed by atoms with Gasteiger partial charge in [-0.15, -0.1) is 17.9 Å². The summed E-state index contributed by atoms with van der Waals surface area (Å²) < 4.78 is 27.9. The Morgan fingerprint density at radius 1 is 1.08 bits per heavy atom. The number of nitrogens with zero attached hydrogens (tertiary/aromatic N) is 2. The van der Waals surface area contributed by atoms with Crippen LogP contribution in [-0.2, 0) is 35.7 Å². The maximum absolute atomic E-state index is 14.4. The Bertz CT molecular complexity index is 1650. The maximum atomic E-state index is 14.4. The van der Waals surface area contributed by atoms with Gasteiger partial charge in [0.05, 0.1) is 10.9 Å². The second kappa shape index (κ2) is 16.0. The van der Waals surface area contributed by atoms with Gasteiger partial charge in [-0.25, -0.2) is 13.2 Å². The molecule has 2 saturated heterocycles. The average molecular weight is 761 g/mol. The third-order valence-electron chi connectivity index (χ3n) is 11.5. The molecule has 0 unspecified atom stereocenters. The highest BCUT2D eigenvalue weighted by atomic mass is 32.2. The molecular weight excluding hydrogens is 705 g/mol. The summed E-state index contributed by atoms with van der Waals surface area (Å²) in [6.07, 6.45) is 8.10. The summed E-state index contributed by atoms with van der Waals surface area (Å²) in [5, 5.41) is 13.1. The molecule has 5 amide bonds. The number of ketones is 1. The van der Waals surface area contributed by atoms with Gasteiger partial charge in [0.2, 0.25) is 27.6 Å². The number of amides is 5. The highest BCUT2D eigenvalue weighted by molar-refractivity contribution is 7.89. The van der Waals surface area contributed by atoms with Crippen molar-refractivity contribution in [3.05, 3.63) is 29.0 Å². The first-order valence-electron chi connectivity index (χ1n) is 18.7. The van der Waals surface area contributed by atoms with E-state index in [-0.39, 0.29) is 42.8 Å². The number of rotatable bonds is 8. The Morgan fingerprint density at radius 2 is 1.73 bits per heavy atom. The van der Waals surface area contributed by atoms with Crippen molar-refractivity contribution in [2.75, 3.05) is 19.6 Å². The standard InChI is InChI=1S/C37H56N6O7S2/c1-7-18-38-33(46)31(44)24-15-13-11-9-8-10-12-14-16-25(34(47)43-20-23-29(37(23,5)6)30(43)32(45)39-24)40-35(48)41-28(36(2,3)4)22-42-21-26-27(17-19-51-26)52(42,49)50/h7,17,19,23-25,28-30H,1,8-16,18,20-22H2,2-6H3,(H,38,46)(H,39,45)(H2,40,41,48)/t23-,24-,25-,28+,29-,30-/m0/s1. The van der Waals surface area contributed by atoms with E-state index in [1.807, 2.05) is 20.8 Å². The molecule has 4 N–H and O–H groups in total. The van der Waals surface area contributed by atoms with Gasteiger partial charge in [-0.05, 0) is 47.0 Å². The molecule has 1 saturated carbocycles. The fraction of sp³-hybridized carbons (Fsp3) is 0.703. The van der Waals surface area contributed by atoms with Gasteiger partial charge in [-0.3, -0.25) is 19.2 Å². The highest BCUT2D eigenvalue weighted by Gasteiger charge is 2.69. The van der Waals surface area contributed by atoms with E-state index in [0.717, 1.165) is 37.0 Å². The third-order valence-corrected chi connectivity index (χ3v) is 14.4.